The molecule has 0 aromatic heterocycles. The average Bonchev–Trinajstić information content (AvgIpc) is 3.39. The van der Waals surface area contributed by atoms with E-state index in [1.54, 1.807) is 0 Å². The van der Waals surface area contributed by atoms with E-state index in [0.29, 0.717) is 35.2 Å². The lowest BCUT2D eigenvalue weighted by Gasteiger charge is -2.62. The van der Waals surface area contributed by atoms with Gasteiger partial charge in [-0.25, -0.2) is 0 Å². The van der Waals surface area contributed by atoms with Crippen LogP contribution in [0.2, 0.25) is 0 Å². The van der Waals surface area contributed by atoms with Crippen LogP contribution in [-0.2, 0) is 9.59 Å². The maximum Gasteiger partial charge on any atom is 0.159 e. The summed E-state index contributed by atoms with van der Waals surface area (Å²) in [5.41, 5.74) is 3.26. The number of carbonyl (C=O) groups is 2. The van der Waals surface area contributed by atoms with Crippen molar-refractivity contribution < 1.29 is 19.8 Å². The Kier molecular flexibility index (Phi) is 6.87. The summed E-state index contributed by atoms with van der Waals surface area (Å²) < 4.78 is 0. The zero-order chi connectivity index (χ0) is 31.8. The van der Waals surface area contributed by atoms with Gasteiger partial charge in [-0.3, -0.25) is 9.59 Å². The molecule has 0 aliphatic heterocycles. The summed E-state index contributed by atoms with van der Waals surface area (Å²) in [5.74, 6) is 3.20. The van der Waals surface area contributed by atoms with Crippen molar-refractivity contribution in [3.8, 4) is 0 Å². The first-order chi connectivity index (χ1) is 20.4. The van der Waals surface area contributed by atoms with Crippen LogP contribution in [0.1, 0.15) is 132 Å². The number of aliphatic hydroxyl groups is 2. The van der Waals surface area contributed by atoms with Gasteiger partial charge in [0.15, 0.2) is 11.6 Å². The molecule has 4 bridgehead atoms. The molecule has 2 spiro atoms. The summed E-state index contributed by atoms with van der Waals surface area (Å²) in [7, 11) is 0. The molecule has 8 aliphatic rings. The van der Waals surface area contributed by atoms with E-state index in [0.717, 1.165) is 51.4 Å². The molecule has 0 aromatic rings. The standard InChI is InChI=1S/2C20H30O2/c2*1-12-10-20-8-5-15-18(2,3)7-6-17(22)19(15,4)16(20)9-14(21)13(12)11-20/h2*9,12-13,15,17,22H,5-8,10-11H2,1-4H3/t2*12-,13+,15+,17-,19+,20+/m10/s1. The highest BCUT2D eigenvalue weighted by molar-refractivity contribution is 5.95. The lowest BCUT2D eigenvalue weighted by Crippen LogP contribution is -2.57. The summed E-state index contributed by atoms with van der Waals surface area (Å²) >= 11 is 0. The normalized spacial score (nSPS) is 52.8. The number of rotatable bonds is 0. The highest BCUT2D eigenvalue weighted by Gasteiger charge is 2.65. The van der Waals surface area contributed by atoms with Crippen LogP contribution in [0, 0.1) is 68.0 Å². The fourth-order valence-electron chi connectivity index (χ4n) is 14.1. The van der Waals surface area contributed by atoms with E-state index in [2.05, 4.69) is 55.4 Å². The summed E-state index contributed by atoms with van der Waals surface area (Å²) in [6.07, 6.45) is 16.7. The Hall–Kier alpha value is -1.26. The lowest BCUT2D eigenvalue weighted by atomic mass is 9.43. The Morgan fingerprint density at radius 1 is 0.568 bits per heavy atom. The van der Waals surface area contributed by atoms with E-state index < -0.39 is 0 Å². The van der Waals surface area contributed by atoms with E-state index in [1.165, 1.54) is 36.8 Å². The number of ketones is 2. The predicted molar refractivity (Wildman–Crippen MR) is 175 cm³/mol. The van der Waals surface area contributed by atoms with Crippen molar-refractivity contribution in [3.05, 3.63) is 23.3 Å². The molecule has 8 rings (SSSR count). The van der Waals surface area contributed by atoms with Crippen molar-refractivity contribution in [1.29, 1.82) is 0 Å². The van der Waals surface area contributed by atoms with Crippen LogP contribution < -0.4 is 0 Å². The number of hydrogen-bond acceptors (Lipinski definition) is 4. The fraction of sp³-hybridized carbons (Fsp3) is 0.850. The number of carbonyl (C=O) groups excluding carboxylic acids is 2. The molecule has 0 aromatic carbocycles. The Morgan fingerprint density at radius 2 is 0.932 bits per heavy atom. The van der Waals surface area contributed by atoms with Crippen LogP contribution in [0.15, 0.2) is 23.3 Å². The third-order valence-electron chi connectivity index (χ3n) is 16.3. The van der Waals surface area contributed by atoms with E-state index in [1.807, 2.05) is 12.2 Å². The molecule has 244 valence electrons. The Morgan fingerprint density at radius 3 is 1.30 bits per heavy atom. The second-order valence-electron chi connectivity index (χ2n) is 19.3. The maximum absolute atomic E-state index is 12.6. The van der Waals surface area contributed by atoms with Crippen LogP contribution in [0.4, 0.5) is 0 Å². The third-order valence-corrected chi connectivity index (χ3v) is 16.3. The molecule has 12 atom stereocenters. The van der Waals surface area contributed by atoms with Crippen molar-refractivity contribution >= 4 is 11.6 Å². The van der Waals surface area contributed by atoms with E-state index >= 15 is 0 Å². The van der Waals surface area contributed by atoms with Gasteiger partial charge in [0, 0.05) is 22.7 Å². The monoisotopic (exact) mass is 604 g/mol. The SMILES string of the molecule is C[C@@H]1C[C@]23CC[C@H]4C(C)(C)CC[C@@H](O)[C@]4(C)C2=CC(=O)[C@H]1C3.C[C@H]1C[C@@]23CC[C@@H]4C(C)(C)CC[C@H](O)[C@@]4(C)C2=CC(=O)[C@@H]1C3. The van der Waals surface area contributed by atoms with Crippen LogP contribution in [0.25, 0.3) is 0 Å². The minimum Gasteiger partial charge on any atom is -0.392 e. The number of hydrogen-bond donors (Lipinski definition) is 2. The summed E-state index contributed by atoms with van der Waals surface area (Å²) in [4.78, 5) is 25.3. The fourth-order valence-corrected chi connectivity index (χ4v) is 14.1. The molecular weight excluding hydrogens is 544 g/mol. The molecule has 0 unspecified atom stereocenters. The second kappa shape index (κ2) is 9.65. The largest absolute Gasteiger partial charge is 0.392 e. The molecule has 6 fully saturated rings. The van der Waals surface area contributed by atoms with Gasteiger partial charge < -0.3 is 10.2 Å². The van der Waals surface area contributed by atoms with Gasteiger partial charge in [-0.05, 0) is 135 Å². The van der Waals surface area contributed by atoms with Crippen molar-refractivity contribution in [3.63, 3.8) is 0 Å². The molecule has 6 saturated carbocycles. The smallest absolute Gasteiger partial charge is 0.159 e. The van der Waals surface area contributed by atoms with Crippen LogP contribution in [-0.4, -0.2) is 34.0 Å². The summed E-state index contributed by atoms with van der Waals surface area (Å²) in [6, 6.07) is 0. The minimum atomic E-state index is -0.283. The molecule has 8 aliphatic carbocycles. The van der Waals surface area contributed by atoms with Crippen molar-refractivity contribution in [2.45, 2.75) is 145 Å². The number of fused-ring (bicyclic) bond motifs is 6. The second-order valence-corrected chi connectivity index (χ2v) is 19.3. The Bertz CT molecular complexity index is 1220. The highest BCUT2D eigenvalue weighted by atomic mass is 16.3. The molecule has 0 heterocycles. The molecule has 44 heavy (non-hydrogen) atoms. The van der Waals surface area contributed by atoms with Gasteiger partial charge >= 0.3 is 0 Å². The van der Waals surface area contributed by atoms with E-state index in [4.69, 9.17) is 0 Å². The van der Waals surface area contributed by atoms with Crippen molar-refractivity contribution in [2.75, 3.05) is 0 Å². The lowest BCUT2D eigenvalue weighted by molar-refractivity contribution is -0.125. The first-order valence-corrected chi connectivity index (χ1v) is 18.3. The molecular formula is C40H60O4. The van der Waals surface area contributed by atoms with Crippen LogP contribution in [0.3, 0.4) is 0 Å². The zero-order valence-electron chi connectivity index (χ0n) is 29.0. The van der Waals surface area contributed by atoms with Crippen molar-refractivity contribution in [1.82, 2.24) is 0 Å². The van der Waals surface area contributed by atoms with Crippen LogP contribution >= 0.6 is 0 Å². The van der Waals surface area contributed by atoms with Gasteiger partial charge in [0.25, 0.3) is 0 Å². The first kappa shape index (κ1) is 31.3. The minimum absolute atomic E-state index is 0.190. The van der Waals surface area contributed by atoms with Gasteiger partial charge in [-0.15, -0.1) is 0 Å². The molecule has 0 radical (unpaired) electrons. The van der Waals surface area contributed by atoms with Gasteiger partial charge in [-0.1, -0.05) is 66.5 Å². The molecule has 4 heteroatoms. The highest BCUT2D eigenvalue weighted by Crippen LogP contribution is 2.71. The Balaban J connectivity index is 0.000000142. The zero-order valence-corrected chi connectivity index (χ0v) is 29.0. The first-order valence-electron chi connectivity index (χ1n) is 18.3. The van der Waals surface area contributed by atoms with E-state index in [9.17, 15) is 19.8 Å². The van der Waals surface area contributed by atoms with Gasteiger partial charge in [0.2, 0.25) is 0 Å². The van der Waals surface area contributed by atoms with Crippen LogP contribution in [0.5, 0.6) is 0 Å². The van der Waals surface area contributed by atoms with E-state index in [-0.39, 0.29) is 56.5 Å². The molecule has 2 N–H and O–H groups in total. The average molecular weight is 605 g/mol. The van der Waals surface area contributed by atoms with Gasteiger partial charge in [-0.2, -0.15) is 0 Å². The Labute approximate surface area is 266 Å². The molecule has 0 amide bonds. The summed E-state index contributed by atoms with van der Waals surface area (Å²) in [6.45, 7) is 18.5. The molecule has 0 saturated heterocycles. The van der Waals surface area contributed by atoms with Crippen molar-refractivity contribution in [2.24, 2.45) is 68.0 Å². The number of allylic oxidation sites excluding steroid dienone is 2. The topological polar surface area (TPSA) is 74.6 Å². The maximum atomic E-state index is 12.6. The number of aliphatic hydroxyl groups excluding tert-OH is 2. The summed E-state index contributed by atoms with van der Waals surface area (Å²) in [5, 5.41) is 21.9. The van der Waals surface area contributed by atoms with Gasteiger partial charge in [0.05, 0.1) is 12.2 Å². The third kappa shape index (κ3) is 4.01. The quantitative estimate of drug-likeness (QED) is 0.292. The molecule has 4 nitrogen and oxygen atoms in total. The van der Waals surface area contributed by atoms with Gasteiger partial charge in [0.1, 0.15) is 0 Å². The predicted octanol–water partition coefficient (Wildman–Crippen LogP) is 8.25.